The van der Waals surface area contributed by atoms with Gasteiger partial charge in [0.05, 0.1) is 5.39 Å². The molecule has 1 atom stereocenters. The molecule has 0 aliphatic carbocycles. The number of hydrogen-bond acceptors (Lipinski definition) is 5. The molecule has 168 valence electrons. The van der Waals surface area contributed by atoms with Crippen molar-refractivity contribution in [3.05, 3.63) is 41.8 Å². The molecule has 31 heavy (non-hydrogen) atoms. The summed E-state index contributed by atoms with van der Waals surface area (Å²) in [5.41, 5.74) is 2.86. The summed E-state index contributed by atoms with van der Waals surface area (Å²) in [7, 11) is 0.850. The van der Waals surface area contributed by atoms with Crippen molar-refractivity contribution in [2.45, 2.75) is 39.3 Å². The normalized spacial score (nSPS) is 13.0. The van der Waals surface area contributed by atoms with E-state index in [0.29, 0.717) is 18.3 Å². The predicted octanol–water partition coefficient (Wildman–Crippen LogP) is 5.13. The van der Waals surface area contributed by atoms with Crippen LogP contribution in [0.3, 0.4) is 0 Å². The maximum absolute atomic E-state index is 9.50. The van der Waals surface area contributed by atoms with E-state index in [-0.39, 0.29) is 12.5 Å². The summed E-state index contributed by atoms with van der Waals surface area (Å²) in [6.07, 6.45) is 3.67. The Morgan fingerprint density at radius 1 is 1.26 bits per heavy atom. The Morgan fingerprint density at radius 2 is 2.03 bits per heavy atom. The molecule has 0 aliphatic rings. The first-order chi connectivity index (χ1) is 14.7. The number of fused-ring (bicyclic) bond motifs is 1. The van der Waals surface area contributed by atoms with Crippen LogP contribution in [0.25, 0.3) is 22.2 Å². The zero-order valence-corrected chi connectivity index (χ0v) is 20.9. The molecule has 6 nitrogen and oxygen atoms in total. The van der Waals surface area contributed by atoms with Gasteiger partial charge in [-0.1, -0.05) is 50.3 Å². The molecule has 0 saturated carbocycles. The van der Waals surface area contributed by atoms with E-state index in [1.807, 2.05) is 42.8 Å². The fourth-order valence-electron chi connectivity index (χ4n) is 3.52. The molecule has 0 saturated heterocycles. The average molecular weight is 461 g/mol. The van der Waals surface area contributed by atoms with E-state index in [4.69, 9.17) is 16.3 Å². The van der Waals surface area contributed by atoms with Crippen molar-refractivity contribution >= 4 is 36.5 Å². The van der Waals surface area contributed by atoms with Crippen LogP contribution in [-0.2, 0) is 11.5 Å². The molecule has 0 fully saturated rings. The molecule has 0 aliphatic heterocycles. The number of ether oxygens (including phenoxy) is 1. The van der Waals surface area contributed by atoms with Crippen LogP contribution in [0.4, 0.5) is 5.82 Å². The lowest BCUT2D eigenvalue weighted by atomic mass is 10.1. The van der Waals surface area contributed by atoms with Gasteiger partial charge in [0.1, 0.15) is 24.5 Å². The van der Waals surface area contributed by atoms with Crippen LogP contribution < -0.4 is 4.90 Å². The maximum atomic E-state index is 9.50. The number of hydrogen-bond donors (Lipinski definition) is 1. The van der Waals surface area contributed by atoms with Crippen molar-refractivity contribution in [3.63, 3.8) is 0 Å². The van der Waals surface area contributed by atoms with Crippen LogP contribution in [0.1, 0.15) is 6.92 Å². The number of nitrogens with zero attached hydrogens (tertiary/aromatic N) is 4. The molecule has 0 radical (unpaired) electrons. The van der Waals surface area contributed by atoms with E-state index in [1.54, 1.807) is 6.33 Å². The number of aliphatic hydroxyl groups excluding tert-OH is 1. The van der Waals surface area contributed by atoms with E-state index in [9.17, 15) is 5.11 Å². The highest BCUT2D eigenvalue weighted by atomic mass is 35.5. The van der Waals surface area contributed by atoms with Crippen LogP contribution in [0, 0.1) is 5.92 Å². The third-order valence-corrected chi connectivity index (χ3v) is 7.19. The highest BCUT2D eigenvalue weighted by Gasteiger charge is 2.20. The Hall–Kier alpha value is -1.93. The lowest BCUT2D eigenvalue weighted by molar-refractivity contribution is 0.0899. The van der Waals surface area contributed by atoms with E-state index < -0.39 is 8.07 Å². The Kier molecular flexibility index (Phi) is 7.75. The number of aliphatic hydroxyl groups is 1. The first-order valence-electron chi connectivity index (χ1n) is 10.7. The Labute approximate surface area is 190 Å². The quantitative estimate of drug-likeness (QED) is 0.335. The minimum absolute atomic E-state index is 0.131. The SMILES string of the molecule is CC(CO)CN(C)c1ncnc2c1c(-c1cccc(Cl)c1)cn2COCC[Si](C)(C)C. The molecule has 0 spiro atoms. The van der Waals surface area contributed by atoms with E-state index in [0.717, 1.165) is 40.6 Å². The Morgan fingerprint density at radius 3 is 2.71 bits per heavy atom. The molecule has 3 aromatic rings. The van der Waals surface area contributed by atoms with Gasteiger partial charge < -0.3 is 19.3 Å². The molecule has 0 amide bonds. The third-order valence-electron chi connectivity index (χ3n) is 5.25. The second-order valence-corrected chi connectivity index (χ2v) is 15.5. The second-order valence-electron chi connectivity index (χ2n) is 9.44. The summed E-state index contributed by atoms with van der Waals surface area (Å²) in [4.78, 5) is 11.3. The molecular weight excluding hydrogens is 428 g/mol. The minimum atomic E-state index is -1.15. The summed E-state index contributed by atoms with van der Waals surface area (Å²) in [5, 5.41) is 11.1. The second kappa shape index (κ2) is 10.1. The molecule has 0 bridgehead atoms. The molecule has 2 heterocycles. The van der Waals surface area contributed by atoms with Gasteiger partial charge in [0.15, 0.2) is 0 Å². The van der Waals surface area contributed by atoms with Crippen molar-refractivity contribution in [3.8, 4) is 11.1 Å². The van der Waals surface area contributed by atoms with Gasteiger partial charge in [-0.3, -0.25) is 0 Å². The van der Waals surface area contributed by atoms with Crippen molar-refractivity contribution in [1.29, 1.82) is 0 Å². The van der Waals surface area contributed by atoms with Crippen molar-refractivity contribution in [1.82, 2.24) is 14.5 Å². The monoisotopic (exact) mass is 460 g/mol. The fraction of sp³-hybridized carbons (Fsp3) is 0.478. The van der Waals surface area contributed by atoms with Gasteiger partial charge in [-0.25, -0.2) is 9.97 Å². The van der Waals surface area contributed by atoms with E-state index >= 15 is 0 Å². The Bertz CT molecular complexity index is 1020. The number of rotatable bonds is 10. The smallest absolute Gasteiger partial charge is 0.148 e. The minimum Gasteiger partial charge on any atom is -0.396 e. The molecule has 2 aromatic heterocycles. The van der Waals surface area contributed by atoms with Gasteiger partial charge in [-0.2, -0.15) is 0 Å². The lowest BCUT2D eigenvalue weighted by Crippen LogP contribution is -2.26. The van der Waals surface area contributed by atoms with Crippen LogP contribution in [-0.4, -0.2) is 54.5 Å². The van der Waals surface area contributed by atoms with Crippen LogP contribution in [0.15, 0.2) is 36.8 Å². The summed E-state index contributed by atoms with van der Waals surface area (Å²) in [5.74, 6) is 0.970. The highest BCUT2D eigenvalue weighted by molar-refractivity contribution is 6.76. The van der Waals surface area contributed by atoms with Gasteiger partial charge in [0.2, 0.25) is 0 Å². The number of anilines is 1. The largest absolute Gasteiger partial charge is 0.396 e. The Balaban J connectivity index is 2.02. The number of benzene rings is 1. The first kappa shape index (κ1) is 23.7. The van der Waals surface area contributed by atoms with Gasteiger partial charge in [0, 0.05) is 51.7 Å². The highest BCUT2D eigenvalue weighted by Crippen LogP contribution is 2.36. The van der Waals surface area contributed by atoms with Crippen LogP contribution in [0.2, 0.25) is 30.7 Å². The van der Waals surface area contributed by atoms with Crippen LogP contribution >= 0.6 is 11.6 Å². The summed E-state index contributed by atoms with van der Waals surface area (Å²) in [6, 6.07) is 8.95. The summed E-state index contributed by atoms with van der Waals surface area (Å²) < 4.78 is 8.07. The zero-order valence-electron chi connectivity index (χ0n) is 19.1. The van der Waals surface area contributed by atoms with E-state index in [1.165, 1.54) is 0 Å². The van der Waals surface area contributed by atoms with Gasteiger partial charge in [0.25, 0.3) is 0 Å². The van der Waals surface area contributed by atoms with Gasteiger partial charge >= 0.3 is 0 Å². The van der Waals surface area contributed by atoms with Crippen molar-refractivity contribution in [2.24, 2.45) is 5.92 Å². The van der Waals surface area contributed by atoms with E-state index in [2.05, 4.69) is 40.7 Å². The molecule has 1 unspecified atom stereocenters. The molecule has 8 heteroatoms. The summed E-state index contributed by atoms with van der Waals surface area (Å²) >= 11 is 6.29. The maximum Gasteiger partial charge on any atom is 0.148 e. The molecule has 1 N–H and O–H groups in total. The number of aromatic nitrogens is 3. The van der Waals surface area contributed by atoms with Gasteiger partial charge in [-0.15, -0.1) is 0 Å². The fourth-order valence-corrected chi connectivity index (χ4v) is 4.47. The molecule has 1 aromatic carbocycles. The summed E-state index contributed by atoms with van der Waals surface area (Å²) in [6.45, 7) is 11.1. The van der Waals surface area contributed by atoms with Crippen LogP contribution in [0.5, 0.6) is 0 Å². The van der Waals surface area contributed by atoms with Gasteiger partial charge in [-0.05, 0) is 29.7 Å². The molecular formula is C23H33ClN4O2Si. The molecule has 3 rings (SSSR count). The van der Waals surface area contributed by atoms with Crippen molar-refractivity contribution < 1.29 is 9.84 Å². The van der Waals surface area contributed by atoms with Crippen molar-refractivity contribution in [2.75, 3.05) is 31.7 Å². The topological polar surface area (TPSA) is 63.4 Å². The zero-order chi connectivity index (χ0) is 22.6. The average Bonchev–Trinajstić information content (AvgIpc) is 3.09. The number of halogens is 1. The predicted molar refractivity (Wildman–Crippen MR) is 132 cm³/mol. The first-order valence-corrected chi connectivity index (χ1v) is 14.8. The lowest BCUT2D eigenvalue weighted by Gasteiger charge is -2.22. The standard InChI is InChI=1S/C23H33ClN4O2Si/c1-17(14-29)12-27(2)22-21-20(18-7-6-8-19(24)11-18)13-28(23(21)26-15-25-22)16-30-9-10-31(3,4)5/h6-8,11,13,15,17,29H,9-10,12,14,16H2,1-5H3. The third kappa shape index (κ3) is 6.07.